The van der Waals surface area contributed by atoms with Gasteiger partial charge in [0.25, 0.3) is 0 Å². The highest BCUT2D eigenvalue weighted by Crippen LogP contribution is 2.02. The zero-order valence-corrected chi connectivity index (χ0v) is 6.10. The predicted molar refractivity (Wildman–Crippen MR) is 37.7 cm³/mol. The molecule has 0 radical (unpaired) electrons. The molecule has 0 aliphatic heterocycles. The van der Waals surface area contributed by atoms with Gasteiger partial charge in [-0.05, 0) is 20.8 Å². The van der Waals surface area contributed by atoms with Gasteiger partial charge in [0.05, 0.1) is 0 Å². The summed E-state index contributed by atoms with van der Waals surface area (Å²) in [6.45, 7) is 5.15. The highest BCUT2D eigenvalue weighted by Gasteiger charge is 2.19. The number of aliphatic hydroxyl groups excluding tert-OH is 1. The minimum absolute atomic E-state index is 0.608. The minimum atomic E-state index is -0.720. The summed E-state index contributed by atoms with van der Waals surface area (Å²) in [4.78, 5) is 0. The Balaban J connectivity index is 3.99. The second-order valence-electron chi connectivity index (χ2n) is 2.62. The lowest BCUT2D eigenvalue weighted by Gasteiger charge is -2.20. The van der Waals surface area contributed by atoms with Gasteiger partial charge >= 0.3 is 0 Å². The van der Waals surface area contributed by atoms with Crippen molar-refractivity contribution >= 4 is 0 Å². The number of nitrogens with two attached hydrogens (primary N) is 1. The van der Waals surface area contributed by atoms with Crippen LogP contribution in [0.2, 0.25) is 0 Å². The van der Waals surface area contributed by atoms with Crippen LogP contribution in [0, 0.1) is 11.8 Å². The van der Waals surface area contributed by atoms with Crippen molar-refractivity contribution in [3.8, 4) is 11.8 Å². The number of rotatable bonds is 1. The maximum atomic E-state index is 9.09. The Labute approximate surface area is 56.1 Å². The number of hydrogen-bond donors (Lipinski definition) is 2. The molecule has 2 heteroatoms. The van der Waals surface area contributed by atoms with Crippen LogP contribution in [0.3, 0.4) is 0 Å². The molecule has 9 heavy (non-hydrogen) atoms. The third kappa shape index (κ3) is 3.12. The lowest BCUT2D eigenvalue weighted by Crippen LogP contribution is -2.44. The standard InChI is InChI=1S/C7H13NO/c1-4-5-6(9)7(2,3)8/h6,9H,8H2,1-3H3. The van der Waals surface area contributed by atoms with Gasteiger partial charge < -0.3 is 10.8 Å². The average molecular weight is 127 g/mol. The summed E-state index contributed by atoms with van der Waals surface area (Å²) < 4.78 is 0. The molecule has 0 amide bonds. The molecule has 0 saturated heterocycles. The predicted octanol–water partition coefficient (Wildman–Crippen LogP) is 0.108. The maximum absolute atomic E-state index is 9.09. The van der Waals surface area contributed by atoms with Crippen molar-refractivity contribution < 1.29 is 5.11 Å². The Kier molecular flexibility index (Phi) is 2.69. The van der Waals surface area contributed by atoms with Gasteiger partial charge in [-0.25, -0.2) is 0 Å². The monoisotopic (exact) mass is 127 g/mol. The first kappa shape index (κ1) is 8.48. The third-order valence-electron chi connectivity index (χ3n) is 0.986. The fourth-order valence-corrected chi connectivity index (χ4v) is 0.323. The third-order valence-corrected chi connectivity index (χ3v) is 0.986. The molecule has 0 spiro atoms. The Morgan fingerprint density at radius 1 is 1.56 bits per heavy atom. The summed E-state index contributed by atoms with van der Waals surface area (Å²) in [6, 6.07) is 0. The molecule has 0 bridgehead atoms. The molecular formula is C7H13NO. The fourth-order valence-electron chi connectivity index (χ4n) is 0.323. The summed E-state index contributed by atoms with van der Waals surface area (Å²) in [5.74, 6) is 5.16. The molecule has 0 fully saturated rings. The molecule has 1 unspecified atom stereocenters. The van der Waals surface area contributed by atoms with Crippen molar-refractivity contribution in [2.75, 3.05) is 0 Å². The average Bonchev–Trinajstić information content (AvgIpc) is 1.64. The van der Waals surface area contributed by atoms with Gasteiger partial charge in [-0.15, -0.1) is 5.92 Å². The van der Waals surface area contributed by atoms with E-state index in [0.717, 1.165) is 0 Å². The molecule has 0 aromatic rings. The van der Waals surface area contributed by atoms with Gasteiger partial charge in [0.2, 0.25) is 0 Å². The summed E-state index contributed by atoms with van der Waals surface area (Å²) in [5.41, 5.74) is 4.90. The largest absolute Gasteiger partial charge is 0.378 e. The molecule has 3 N–H and O–H groups in total. The van der Waals surface area contributed by atoms with E-state index in [1.165, 1.54) is 0 Å². The van der Waals surface area contributed by atoms with Crippen LogP contribution in [-0.4, -0.2) is 16.7 Å². The molecule has 1 atom stereocenters. The van der Waals surface area contributed by atoms with Crippen LogP contribution in [-0.2, 0) is 0 Å². The van der Waals surface area contributed by atoms with Crippen LogP contribution >= 0.6 is 0 Å². The van der Waals surface area contributed by atoms with E-state index in [1.54, 1.807) is 20.8 Å². The molecule has 0 rings (SSSR count). The van der Waals surface area contributed by atoms with E-state index in [2.05, 4.69) is 11.8 Å². The smallest absolute Gasteiger partial charge is 0.132 e. The van der Waals surface area contributed by atoms with E-state index in [1.807, 2.05) is 0 Å². The summed E-state index contributed by atoms with van der Waals surface area (Å²) in [6.07, 6.45) is -0.720. The van der Waals surface area contributed by atoms with Crippen LogP contribution in [0.4, 0.5) is 0 Å². The Morgan fingerprint density at radius 3 is 2.11 bits per heavy atom. The number of hydrogen-bond acceptors (Lipinski definition) is 2. The van der Waals surface area contributed by atoms with Crippen molar-refractivity contribution in [1.82, 2.24) is 0 Å². The van der Waals surface area contributed by atoms with Crippen molar-refractivity contribution in [2.24, 2.45) is 5.73 Å². The molecule has 0 aliphatic rings. The minimum Gasteiger partial charge on any atom is -0.378 e. The molecule has 2 nitrogen and oxygen atoms in total. The summed E-state index contributed by atoms with van der Waals surface area (Å²) in [7, 11) is 0. The quantitative estimate of drug-likeness (QED) is 0.491. The van der Waals surface area contributed by atoms with Gasteiger partial charge in [0.15, 0.2) is 0 Å². The topological polar surface area (TPSA) is 46.2 Å². The fraction of sp³-hybridized carbons (Fsp3) is 0.714. The first-order valence-electron chi connectivity index (χ1n) is 2.87. The van der Waals surface area contributed by atoms with E-state index >= 15 is 0 Å². The van der Waals surface area contributed by atoms with Crippen molar-refractivity contribution in [1.29, 1.82) is 0 Å². The number of aliphatic hydroxyl groups is 1. The summed E-state index contributed by atoms with van der Waals surface area (Å²) >= 11 is 0. The van der Waals surface area contributed by atoms with E-state index in [-0.39, 0.29) is 0 Å². The molecule has 0 aromatic heterocycles. The van der Waals surface area contributed by atoms with Crippen molar-refractivity contribution in [3.63, 3.8) is 0 Å². The van der Waals surface area contributed by atoms with Crippen molar-refractivity contribution in [3.05, 3.63) is 0 Å². The molecular weight excluding hydrogens is 114 g/mol. The van der Waals surface area contributed by atoms with E-state index in [9.17, 15) is 0 Å². The Morgan fingerprint density at radius 2 is 2.00 bits per heavy atom. The SMILES string of the molecule is CC#CC(O)C(C)(C)N. The lowest BCUT2D eigenvalue weighted by atomic mass is 10.00. The van der Waals surface area contributed by atoms with Gasteiger partial charge in [0, 0.05) is 5.54 Å². The second kappa shape index (κ2) is 2.86. The zero-order valence-electron chi connectivity index (χ0n) is 6.10. The zero-order chi connectivity index (χ0) is 7.49. The molecule has 0 saturated carbocycles. The second-order valence-corrected chi connectivity index (χ2v) is 2.62. The Hall–Kier alpha value is -0.520. The van der Waals surface area contributed by atoms with Crippen LogP contribution in [0.1, 0.15) is 20.8 Å². The van der Waals surface area contributed by atoms with E-state index < -0.39 is 11.6 Å². The first-order chi connectivity index (χ1) is 3.98. The molecule has 0 aliphatic carbocycles. The van der Waals surface area contributed by atoms with E-state index in [4.69, 9.17) is 10.8 Å². The van der Waals surface area contributed by atoms with Crippen LogP contribution in [0.5, 0.6) is 0 Å². The molecule has 0 heterocycles. The Bertz CT molecular complexity index is 135. The highest BCUT2D eigenvalue weighted by molar-refractivity contribution is 5.08. The van der Waals surface area contributed by atoms with Gasteiger partial charge in [0.1, 0.15) is 6.10 Å². The normalized spacial score (nSPS) is 13.9. The van der Waals surface area contributed by atoms with Crippen LogP contribution in [0.15, 0.2) is 0 Å². The summed E-state index contributed by atoms with van der Waals surface area (Å²) in [5, 5.41) is 9.09. The first-order valence-corrected chi connectivity index (χ1v) is 2.87. The molecule has 0 aromatic carbocycles. The maximum Gasteiger partial charge on any atom is 0.132 e. The van der Waals surface area contributed by atoms with Gasteiger partial charge in [-0.2, -0.15) is 0 Å². The lowest BCUT2D eigenvalue weighted by molar-refractivity contribution is 0.157. The molecule has 52 valence electrons. The van der Waals surface area contributed by atoms with Gasteiger partial charge in [-0.1, -0.05) is 5.92 Å². The van der Waals surface area contributed by atoms with E-state index in [0.29, 0.717) is 0 Å². The van der Waals surface area contributed by atoms with Crippen LogP contribution in [0.25, 0.3) is 0 Å². The van der Waals surface area contributed by atoms with Crippen LogP contribution < -0.4 is 5.73 Å². The van der Waals surface area contributed by atoms with Crippen molar-refractivity contribution in [2.45, 2.75) is 32.4 Å². The van der Waals surface area contributed by atoms with Gasteiger partial charge in [-0.3, -0.25) is 0 Å². The highest BCUT2D eigenvalue weighted by atomic mass is 16.3.